The van der Waals surface area contributed by atoms with Crippen molar-refractivity contribution in [1.82, 2.24) is 19.6 Å². The molecule has 2 aromatic heterocycles. The normalized spacial score (nSPS) is 15.2. The van der Waals surface area contributed by atoms with E-state index in [2.05, 4.69) is 64.2 Å². The molecule has 0 saturated heterocycles. The lowest BCUT2D eigenvalue weighted by atomic mass is 10.1. The zero-order chi connectivity index (χ0) is 16.5. The topological polar surface area (TPSA) is 46.3 Å². The lowest BCUT2D eigenvalue weighted by Crippen LogP contribution is -2.21. The smallest absolute Gasteiger partial charge is 0.252 e. The highest BCUT2D eigenvalue weighted by atomic mass is 15.3. The maximum absolute atomic E-state index is 4.36. The number of hydrogen-bond donors (Lipinski definition) is 0. The third kappa shape index (κ3) is 2.46. The molecule has 0 saturated carbocycles. The van der Waals surface area contributed by atoms with E-state index in [-0.39, 0.29) is 0 Å². The maximum Gasteiger partial charge on any atom is 0.252 e. The second-order valence-corrected chi connectivity index (χ2v) is 6.04. The van der Waals surface area contributed by atoms with Crippen LogP contribution in [-0.2, 0) is 6.42 Å². The van der Waals surface area contributed by atoms with E-state index in [4.69, 9.17) is 0 Å². The minimum atomic E-state index is 0.665. The molecule has 5 nitrogen and oxygen atoms in total. The molecule has 3 aromatic rings. The van der Waals surface area contributed by atoms with Gasteiger partial charge in [0.1, 0.15) is 6.33 Å². The van der Waals surface area contributed by atoms with E-state index in [9.17, 15) is 0 Å². The van der Waals surface area contributed by atoms with Crippen molar-refractivity contribution in [2.45, 2.75) is 26.7 Å². The van der Waals surface area contributed by atoms with Gasteiger partial charge < -0.3 is 4.90 Å². The van der Waals surface area contributed by atoms with Crippen LogP contribution in [0, 0.1) is 0 Å². The van der Waals surface area contributed by atoms with E-state index >= 15 is 0 Å². The summed E-state index contributed by atoms with van der Waals surface area (Å²) in [5.74, 6) is 0.665. The molecule has 0 N–H and O–H groups in total. The molecule has 0 fully saturated rings. The van der Waals surface area contributed by atoms with Crippen LogP contribution in [0.5, 0.6) is 0 Å². The molecular formula is C19H21N5. The average molecular weight is 319 g/mol. The zero-order valence-electron chi connectivity index (χ0n) is 14.1. The van der Waals surface area contributed by atoms with Gasteiger partial charge >= 0.3 is 0 Å². The summed E-state index contributed by atoms with van der Waals surface area (Å²) < 4.78 is 1.86. The summed E-state index contributed by atoms with van der Waals surface area (Å²) >= 11 is 0. The Morgan fingerprint density at radius 1 is 1.08 bits per heavy atom. The Bertz CT molecular complexity index is 888. The number of aryl methyl sites for hydroxylation is 1. The van der Waals surface area contributed by atoms with E-state index in [1.807, 2.05) is 10.7 Å². The standard InChI is InChI=1S/C19H21N5/c1-3-23(4-2)17-9-5-14(6-10-17)11-15-7-8-16-12-20-19-21-13-22-24(19)18(15)16/h5-6,9-13H,3-4,7-8H2,1-2H3. The van der Waals surface area contributed by atoms with Crippen LogP contribution in [0.25, 0.3) is 17.4 Å². The van der Waals surface area contributed by atoms with Crippen molar-refractivity contribution in [2.75, 3.05) is 18.0 Å². The van der Waals surface area contributed by atoms with Crippen LogP contribution in [-0.4, -0.2) is 32.7 Å². The predicted molar refractivity (Wildman–Crippen MR) is 97.0 cm³/mol. The van der Waals surface area contributed by atoms with Gasteiger partial charge in [0.15, 0.2) is 0 Å². The lowest BCUT2D eigenvalue weighted by Gasteiger charge is -2.20. The van der Waals surface area contributed by atoms with E-state index < -0.39 is 0 Å². The molecule has 0 atom stereocenters. The highest BCUT2D eigenvalue weighted by Gasteiger charge is 2.21. The summed E-state index contributed by atoms with van der Waals surface area (Å²) in [5.41, 5.74) is 6.21. The fourth-order valence-corrected chi connectivity index (χ4v) is 3.44. The average Bonchev–Trinajstić information content (AvgIpc) is 3.24. The largest absolute Gasteiger partial charge is 0.372 e. The number of benzene rings is 1. The first-order valence-corrected chi connectivity index (χ1v) is 8.53. The summed E-state index contributed by atoms with van der Waals surface area (Å²) in [4.78, 5) is 10.9. The van der Waals surface area contributed by atoms with Crippen LogP contribution in [0.3, 0.4) is 0 Å². The molecule has 0 amide bonds. The van der Waals surface area contributed by atoms with Crippen molar-refractivity contribution < 1.29 is 0 Å². The Labute approximate surface area is 141 Å². The van der Waals surface area contributed by atoms with Gasteiger partial charge in [-0.05, 0) is 61.6 Å². The first kappa shape index (κ1) is 14.9. The number of nitrogens with zero attached hydrogens (tertiary/aromatic N) is 5. The van der Waals surface area contributed by atoms with E-state index in [1.165, 1.54) is 22.4 Å². The van der Waals surface area contributed by atoms with Crippen LogP contribution in [0.1, 0.15) is 37.1 Å². The van der Waals surface area contributed by atoms with Gasteiger partial charge in [-0.3, -0.25) is 0 Å². The van der Waals surface area contributed by atoms with Crippen LogP contribution in [0.15, 0.2) is 36.8 Å². The number of rotatable bonds is 4. The predicted octanol–water partition coefficient (Wildman–Crippen LogP) is 3.46. The quantitative estimate of drug-likeness (QED) is 0.739. The Kier molecular flexibility index (Phi) is 3.76. The van der Waals surface area contributed by atoms with Crippen LogP contribution in [0.2, 0.25) is 0 Å². The minimum absolute atomic E-state index is 0.665. The van der Waals surface area contributed by atoms with Gasteiger partial charge in [0.2, 0.25) is 0 Å². The molecule has 122 valence electrons. The molecule has 1 aliphatic carbocycles. The molecule has 0 spiro atoms. The molecule has 5 heteroatoms. The molecule has 1 aromatic carbocycles. The van der Waals surface area contributed by atoms with E-state index in [1.54, 1.807) is 6.33 Å². The minimum Gasteiger partial charge on any atom is -0.372 e. The molecule has 0 aliphatic heterocycles. The molecule has 1 aliphatic rings. The van der Waals surface area contributed by atoms with Gasteiger partial charge in [-0.1, -0.05) is 12.1 Å². The highest BCUT2D eigenvalue weighted by Crippen LogP contribution is 2.33. The van der Waals surface area contributed by atoms with Crippen molar-refractivity contribution in [1.29, 1.82) is 0 Å². The summed E-state index contributed by atoms with van der Waals surface area (Å²) in [6.07, 6.45) is 7.80. The van der Waals surface area contributed by atoms with E-state index in [0.29, 0.717) is 5.78 Å². The Morgan fingerprint density at radius 2 is 1.88 bits per heavy atom. The first-order valence-electron chi connectivity index (χ1n) is 8.53. The SMILES string of the molecule is CCN(CC)c1ccc(C=C2CCc3cnc4ncnn4c32)cc1. The van der Waals surface area contributed by atoms with Crippen LogP contribution < -0.4 is 4.90 Å². The summed E-state index contributed by atoms with van der Waals surface area (Å²) in [6, 6.07) is 8.79. The number of aromatic nitrogens is 4. The van der Waals surface area contributed by atoms with Gasteiger partial charge in [-0.15, -0.1) is 0 Å². The van der Waals surface area contributed by atoms with Gasteiger partial charge in [0, 0.05) is 25.0 Å². The molecule has 0 unspecified atom stereocenters. The number of hydrogen-bond acceptors (Lipinski definition) is 4. The van der Waals surface area contributed by atoms with Gasteiger partial charge in [-0.25, -0.2) is 4.98 Å². The third-order valence-corrected chi connectivity index (χ3v) is 4.71. The number of allylic oxidation sites excluding steroid dienone is 1. The van der Waals surface area contributed by atoms with Gasteiger partial charge in [0.05, 0.1) is 5.69 Å². The molecule has 24 heavy (non-hydrogen) atoms. The van der Waals surface area contributed by atoms with Crippen molar-refractivity contribution in [3.63, 3.8) is 0 Å². The van der Waals surface area contributed by atoms with Crippen molar-refractivity contribution in [3.05, 3.63) is 53.6 Å². The molecular weight excluding hydrogens is 298 g/mol. The van der Waals surface area contributed by atoms with Gasteiger partial charge in [0.25, 0.3) is 5.78 Å². The second-order valence-electron chi connectivity index (χ2n) is 6.04. The Hall–Kier alpha value is -2.69. The Balaban J connectivity index is 1.70. The number of anilines is 1. The molecule has 0 bridgehead atoms. The molecule has 2 heterocycles. The Morgan fingerprint density at radius 3 is 2.62 bits per heavy atom. The van der Waals surface area contributed by atoms with Gasteiger partial charge in [-0.2, -0.15) is 14.6 Å². The van der Waals surface area contributed by atoms with Crippen LogP contribution in [0.4, 0.5) is 5.69 Å². The summed E-state index contributed by atoms with van der Waals surface area (Å²) in [7, 11) is 0. The van der Waals surface area contributed by atoms with Crippen LogP contribution >= 0.6 is 0 Å². The maximum atomic E-state index is 4.36. The highest BCUT2D eigenvalue weighted by molar-refractivity contribution is 5.84. The fourth-order valence-electron chi connectivity index (χ4n) is 3.44. The number of fused-ring (bicyclic) bond motifs is 3. The zero-order valence-corrected chi connectivity index (χ0v) is 14.1. The first-order chi connectivity index (χ1) is 11.8. The second kappa shape index (κ2) is 6.07. The fraction of sp³-hybridized carbons (Fsp3) is 0.316. The monoisotopic (exact) mass is 319 g/mol. The lowest BCUT2D eigenvalue weighted by molar-refractivity contribution is 0.866. The summed E-state index contributed by atoms with van der Waals surface area (Å²) in [5, 5.41) is 4.34. The molecule has 4 rings (SSSR count). The summed E-state index contributed by atoms with van der Waals surface area (Å²) in [6.45, 7) is 6.43. The van der Waals surface area contributed by atoms with E-state index in [0.717, 1.165) is 31.6 Å². The van der Waals surface area contributed by atoms with Crippen molar-refractivity contribution in [3.8, 4) is 0 Å². The third-order valence-electron chi connectivity index (χ3n) is 4.71. The molecule has 0 radical (unpaired) electrons. The van der Waals surface area contributed by atoms with Crippen molar-refractivity contribution in [2.24, 2.45) is 0 Å². The van der Waals surface area contributed by atoms with Crippen molar-refractivity contribution >= 4 is 23.1 Å².